The number of furan rings is 1. The first kappa shape index (κ1) is 11.2. The van der Waals surface area contributed by atoms with Gasteiger partial charge in [0.15, 0.2) is 4.67 Å². The molecule has 15 heavy (non-hydrogen) atoms. The van der Waals surface area contributed by atoms with Gasteiger partial charge in [-0.1, -0.05) is 6.42 Å². The molecule has 0 saturated carbocycles. The second kappa shape index (κ2) is 5.71. The van der Waals surface area contributed by atoms with Crippen LogP contribution in [0.2, 0.25) is 0 Å². The molecule has 1 aliphatic heterocycles. The van der Waals surface area contributed by atoms with Crippen LogP contribution in [0.1, 0.15) is 31.4 Å². The van der Waals surface area contributed by atoms with E-state index in [9.17, 15) is 0 Å². The number of halogens is 1. The molecule has 2 rings (SSSR count). The van der Waals surface area contributed by atoms with Crippen LogP contribution in [0.4, 0.5) is 0 Å². The minimum atomic E-state index is 0.830. The highest BCUT2D eigenvalue weighted by atomic mass is 79.9. The molecule has 2 heterocycles. The summed E-state index contributed by atoms with van der Waals surface area (Å²) in [7, 11) is 0. The predicted molar refractivity (Wildman–Crippen MR) is 64.9 cm³/mol. The molecule has 0 aromatic carbocycles. The quantitative estimate of drug-likeness (QED) is 0.912. The van der Waals surface area contributed by atoms with Crippen LogP contribution in [0.3, 0.4) is 0 Å². The zero-order chi connectivity index (χ0) is 10.5. The average Bonchev–Trinajstić information content (AvgIpc) is 2.52. The number of hydrogen-bond acceptors (Lipinski definition) is 2. The Hall–Kier alpha value is -0.280. The summed E-state index contributed by atoms with van der Waals surface area (Å²) in [4.78, 5) is 0. The summed E-state index contributed by atoms with van der Waals surface area (Å²) in [5.41, 5.74) is 0. The van der Waals surface area contributed by atoms with E-state index >= 15 is 0 Å². The van der Waals surface area contributed by atoms with Crippen LogP contribution < -0.4 is 5.32 Å². The van der Waals surface area contributed by atoms with Crippen LogP contribution in [0.15, 0.2) is 21.2 Å². The van der Waals surface area contributed by atoms with E-state index in [0.717, 1.165) is 22.8 Å². The monoisotopic (exact) mass is 271 g/mol. The average molecular weight is 272 g/mol. The van der Waals surface area contributed by atoms with Gasteiger partial charge in [0, 0.05) is 6.42 Å². The Labute approximate surface area is 99.6 Å². The molecule has 84 valence electrons. The molecule has 0 aliphatic carbocycles. The van der Waals surface area contributed by atoms with Gasteiger partial charge in [0.1, 0.15) is 5.76 Å². The van der Waals surface area contributed by atoms with Gasteiger partial charge in [-0.2, -0.15) is 0 Å². The van der Waals surface area contributed by atoms with Gasteiger partial charge in [0.25, 0.3) is 0 Å². The molecule has 1 fully saturated rings. The largest absolute Gasteiger partial charge is 0.454 e. The van der Waals surface area contributed by atoms with E-state index < -0.39 is 0 Å². The highest BCUT2D eigenvalue weighted by Gasteiger charge is 2.12. The lowest BCUT2D eigenvalue weighted by molar-refractivity contribution is 0.412. The van der Waals surface area contributed by atoms with Crippen molar-refractivity contribution >= 4 is 15.9 Å². The van der Waals surface area contributed by atoms with Gasteiger partial charge in [0.05, 0.1) is 0 Å². The van der Waals surface area contributed by atoms with E-state index in [4.69, 9.17) is 4.42 Å². The fourth-order valence-electron chi connectivity index (χ4n) is 2.17. The van der Waals surface area contributed by atoms with E-state index in [1.54, 1.807) is 0 Å². The van der Waals surface area contributed by atoms with Crippen LogP contribution in [-0.4, -0.2) is 13.1 Å². The van der Waals surface area contributed by atoms with E-state index in [0.29, 0.717) is 0 Å². The molecule has 1 saturated heterocycles. The van der Waals surface area contributed by atoms with Crippen LogP contribution in [-0.2, 0) is 6.42 Å². The molecule has 1 aromatic rings. The Morgan fingerprint density at radius 3 is 3.13 bits per heavy atom. The summed E-state index contributed by atoms with van der Waals surface area (Å²) in [6.45, 7) is 2.38. The van der Waals surface area contributed by atoms with E-state index in [1.165, 1.54) is 38.8 Å². The number of aryl methyl sites for hydroxylation is 1. The fourth-order valence-corrected chi connectivity index (χ4v) is 2.51. The molecule has 0 spiro atoms. The topological polar surface area (TPSA) is 25.2 Å². The molecule has 1 aromatic heterocycles. The smallest absolute Gasteiger partial charge is 0.169 e. The van der Waals surface area contributed by atoms with Gasteiger partial charge in [-0.15, -0.1) is 0 Å². The molecule has 2 nitrogen and oxygen atoms in total. The Bertz CT molecular complexity index is 290. The summed E-state index contributed by atoms with van der Waals surface area (Å²) in [5.74, 6) is 1.93. The maximum atomic E-state index is 5.50. The second-order valence-electron chi connectivity index (χ2n) is 4.31. The van der Waals surface area contributed by atoms with Crippen molar-refractivity contribution < 1.29 is 4.42 Å². The van der Waals surface area contributed by atoms with Gasteiger partial charge in [-0.25, -0.2) is 0 Å². The maximum absolute atomic E-state index is 5.50. The summed E-state index contributed by atoms with van der Waals surface area (Å²) in [5, 5.41) is 3.50. The van der Waals surface area contributed by atoms with Gasteiger partial charge in [-0.3, -0.25) is 0 Å². The third-order valence-corrected chi connectivity index (χ3v) is 3.50. The summed E-state index contributed by atoms with van der Waals surface area (Å²) < 4.78 is 6.35. The molecule has 3 heteroatoms. The summed E-state index contributed by atoms with van der Waals surface area (Å²) in [6.07, 6.45) is 6.39. The minimum absolute atomic E-state index is 0.830. The number of hydrogen-bond donors (Lipinski definition) is 1. The number of nitrogens with one attached hydrogen (secondary N) is 1. The zero-order valence-corrected chi connectivity index (χ0v) is 10.6. The first-order valence-electron chi connectivity index (χ1n) is 5.79. The van der Waals surface area contributed by atoms with Crippen molar-refractivity contribution in [2.75, 3.05) is 13.1 Å². The molecule has 1 unspecified atom stereocenters. The SMILES string of the molecule is Brc1ccc(CCC2CCCCNC2)o1. The minimum Gasteiger partial charge on any atom is -0.454 e. The van der Waals surface area contributed by atoms with Gasteiger partial charge in [0.2, 0.25) is 0 Å². The Balaban J connectivity index is 1.76. The Morgan fingerprint density at radius 1 is 1.40 bits per heavy atom. The zero-order valence-electron chi connectivity index (χ0n) is 8.97. The van der Waals surface area contributed by atoms with Gasteiger partial charge in [-0.05, 0) is 66.3 Å². The van der Waals surface area contributed by atoms with Gasteiger partial charge >= 0.3 is 0 Å². The third-order valence-electron chi connectivity index (χ3n) is 3.08. The Kier molecular flexibility index (Phi) is 4.27. The normalized spacial score (nSPS) is 22.6. The fraction of sp³-hybridized carbons (Fsp3) is 0.667. The van der Waals surface area contributed by atoms with Crippen molar-refractivity contribution in [3.8, 4) is 0 Å². The van der Waals surface area contributed by atoms with Crippen molar-refractivity contribution in [2.24, 2.45) is 5.92 Å². The standard InChI is InChI=1S/C12H18BrNO/c13-12-7-6-11(15-12)5-4-10-3-1-2-8-14-9-10/h6-7,10,14H,1-5,8-9H2. The lowest BCUT2D eigenvalue weighted by atomic mass is 9.97. The van der Waals surface area contributed by atoms with Crippen LogP contribution in [0.25, 0.3) is 0 Å². The van der Waals surface area contributed by atoms with Gasteiger partial charge < -0.3 is 9.73 Å². The number of rotatable bonds is 3. The van der Waals surface area contributed by atoms with Crippen molar-refractivity contribution in [2.45, 2.75) is 32.1 Å². The highest BCUT2D eigenvalue weighted by molar-refractivity contribution is 9.10. The predicted octanol–water partition coefficient (Wildman–Crippen LogP) is 3.36. The Morgan fingerprint density at radius 2 is 2.33 bits per heavy atom. The summed E-state index contributed by atoms with van der Waals surface area (Å²) in [6, 6.07) is 4.04. The van der Waals surface area contributed by atoms with E-state index in [1.807, 2.05) is 6.07 Å². The molecule has 0 bridgehead atoms. The molecule has 1 atom stereocenters. The van der Waals surface area contributed by atoms with Crippen LogP contribution in [0.5, 0.6) is 0 Å². The molecular weight excluding hydrogens is 254 g/mol. The third kappa shape index (κ3) is 3.65. The first-order valence-corrected chi connectivity index (χ1v) is 6.59. The van der Waals surface area contributed by atoms with Crippen molar-refractivity contribution in [3.63, 3.8) is 0 Å². The second-order valence-corrected chi connectivity index (χ2v) is 5.09. The lowest BCUT2D eigenvalue weighted by Crippen LogP contribution is -2.20. The van der Waals surface area contributed by atoms with E-state index in [-0.39, 0.29) is 0 Å². The highest BCUT2D eigenvalue weighted by Crippen LogP contribution is 2.20. The molecule has 1 N–H and O–H groups in total. The van der Waals surface area contributed by atoms with Crippen LogP contribution in [0, 0.1) is 5.92 Å². The molecule has 0 radical (unpaired) electrons. The van der Waals surface area contributed by atoms with Crippen molar-refractivity contribution in [1.29, 1.82) is 0 Å². The van der Waals surface area contributed by atoms with Crippen molar-refractivity contribution in [3.05, 3.63) is 22.6 Å². The maximum Gasteiger partial charge on any atom is 0.169 e. The van der Waals surface area contributed by atoms with E-state index in [2.05, 4.69) is 27.3 Å². The van der Waals surface area contributed by atoms with Crippen LogP contribution >= 0.6 is 15.9 Å². The molecule has 1 aliphatic rings. The summed E-state index contributed by atoms with van der Waals surface area (Å²) >= 11 is 3.33. The molecular formula is C12H18BrNO. The lowest BCUT2D eigenvalue weighted by Gasteiger charge is -2.12. The first-order chi connectivity index (χ1) is 7.34. The molecule has 0 amide bonds. The van der Waals surface area contributed by atoms with Crippen molar-refractivity contribution in [1.82, 2.24) is 5.32 Å².